The summed E-state index contributed by atoms with van der Waals surface area (Å²) in [6.07, 6.45) is -0.0275. The molecule has 2 aliphatic rings. The molecule has 0 aliphatic heterocycles. The maximum atomic E-state index is 12.6. The zero-order valence-corrected chi connectivity index (χ0v) is 9.57. The zero-order chi connectivity index (χ0) is 12.5. The maximum Gasteiger partial charge on any atom is 0.411 e. The first-order valence-corrected chi connectivity index (χ1v) is 6.04. The Labute approximate surface area is 98.1 Å². The number of nitrogens with one attached hydrogen (secondary N) is 2. The van der Waals surface area contributed by atoms with Crippen LogP contribution in [0.3, 0.4) is 0 Å². The summed E-state index contributed by atoms with van der Waals surface area (Å²) in [7, 11) is 0. The Hall–Kier alpha value is -0.780. The van der Waals surface area contributed by atoms with E-state index in [1.807, 2.05) is 0 Å². The molecule has 2 saturated carbocycles. The Balaban J connectivity index is 1.74. The SMILES string of the molecule is O=C(CNC1CCCC1)NC1(C(F)(F)F)CC1. The molecule has 0 bridgehead atoms. The van der Waals surface area contributed by atoms with Crippen LogP contribution in [0.4, 0.5) is 13.2 Å². The van der Waals surface area contributed by atoms with Crippen LogP contribution in [-0.2, 0) is 4.79 Å². The highest BCUT2D eigenvalue weighted by molar-refractivity contribution is 5.79. The first-order chi connectivity index (χ1) is 7.93. The Morgan fingerprint density at radius 2 is 1.82 bits per heavy atom. The zero-order valence-electron chi connectivity index (χ0n) is 9.57. The standard InChI is InChI=1S/C11H17F3N2O/c12-11(13,14)10(5-6-10)16-9(17)7-15-8-3-1-2-4-8/h8,15H,1-7H2,(H,16,17). The molecule has 17 heavy (non-hydrogen) atoms. The van der Waals surface area contributed by atoms with Gasteiger partial charge in [-0.25, -0.2) is 0 Å². The minimum Gasteiger partial charge on any atom is -0.341 e. The summed E-state index contributed by atoms with van der Waals surface area (Å²) in [6, 6.07) is 0.293. The van der Waals surface area contributed by atoms with Gasteiger partial charge in [-0.3, -0.25) is 4.79 Å². The molecule has 2 aliphatic carbocycles. The van der Waals surface area contributed by atoms with Crippen LogP contribution in [-0.4, -0.2) is 30.2 Å². The van der Waals surface area contributed by atoms with Gasteiger partial charge in [0.05, 0.1) is 6.54 Å². The van der Waals surface area contributed by atoms with E-state index in [0.717, 1.165) is 25.7 Å². The molecule has 6 heteroatoms. The largest absolute Gasteiger partial charge is 0.411 e. The van der Waals surface area contributed by atoms with Crippen LogP contribution >= 0.6 is 0 Å². The van der Waals surface area contributed by atoms with Crippen molar-refractivity contribution in [2.45, 2.75) is 56.3 Å². The summed E-state index contributed by atoms with van der Waals surface area (Å²) in [6.45, 7) is -0.0114. The van der Waals surface area contributed by atoms with Gasteiger partial charge in [0.15, 0.2) is 0 Å². The summed E-state index contributed by atoms with van der Waals surface area (Å²) in [5.74, 6) is -0.549. The van der Waals surface area contributed by atoms with Gasteiger partial charge >= 0.3 is 6.18 Å². The van der Waals surface area contributed by atoms with Gasteiger partial charge in [-0.05, 0) is 25.7 Å². The fourth-order valence-electron chi connectivity index (χ4n) is 2.28. The second-order valence-corrected chi connectivity index (χ2v) is 4.99. The Bertz CT molecular complexity index is 294. The van der Waals surface area contributed by atoms with Crippen LogP contribution < -0.4 is 10.6 Å². The Morgan fingerprint density at radius 3 is 2.29 bits per heavy atom. The normalized spacial score (nSPS) is 23.7. The molecular weight excluding hydrogens is 233 g/mol. The fourth-order valence-corrected chi connectivity index (χ4v) is 2.28. The predicted octanol–water partition coefficient (Wildman–Crippen LogP) is 1.73. The lowest BCUT2D eigenvalue weighted by atomic mass is 10.2. The third kappa shape index (κ3) is 2.91. The number of halogens is 3. The predicted molar refractivity (Wildman–Crippen MR) is 56.4 cm³/mol. The van der Waals surface area contributed by atoms with E-state index in [0.29, 0.717) is 6.04 Å². The average Bonchev–Trinajstić information content (AvgIpc) is 2.84. The molecule has 3 nitrogen and oxygen atoms in total. The van der Waals surface area contributed by atoms with Crippen LogP contribution in [0.25, 0.3) is 0 Å². The van der Waals surface area contributed by atoms with Crippen molar-refractivity contribution in [2.24, 2.45) is 0 Å². The lowest BCUT2D eigenvalue weighted by Crippen LogP contribution is -2.51. The summed E-state index contributed by atoms with van der Waals surface area (Å²) >= 11 is 0. The molecule has 2 fully saturated rings. The Morgan fingerprint density at radius 1 is 1.24 bits per heavy atom. The second kappa shape index (κ2) is 4.48. The molecule has 0 aromatic rings. The van der Waals surface area contributed by atoms with Gasteiger partial charge in [-0.1, -0.05) is 12.8 Å². The summed E-state index contributed by atoms with van der Waals surface area (Å²) in [5.41, 5.74) is -1.93. The molecule has 1 amide bonds. The molecule has 0 atom stereocenters. The molecule has 0 heterocycles. The quantitative estimate of drug-likeness (QED) is 0.797. The van der Waals surface area contributed by atoms with Crippen LogP contribution in [0.5, 0.6) is 0 Å². The van der Waals surface area contributed by atoms with Crippen molar-refractivity contribution in [2.75, 3.05) is 6.54 Å². The van der Waals surface area contributed by atoms with E-state index in [4.69, 9.17) is 0 Å². The molecule has 0 radical (unpaired) electrons. The molecule has 98 valence electrons. The highest BCUT2D eigenvalue weighted by Crippen LogP contribution is 2.48. The molecule has 2 rings (SSSR count). The Kier molecular flexibility index (Phi) is 3.34. The van der Waals surface area contributed by atoms with Crippen molar-refractivity contribution in [3.05, 3.63) is 0 Å². The van der Waals surface area contributed by atoms with Gasteiger partial charge in [0, 0.05) is 6.04 Å². The number of hydrogen-bond donors (Lipinski definition) is 2. The van der Waals surface area contributed by atoms with Crippen molar-refractivity contribution in [1.82, 2.24) is 10.6 Å². The van der Waals surface area contributed by atoms with Gasteiger partial charge in [0.25, 0.3) is 0 Å². The molecular formula is C11H17F3N2O. The highest BCUT2D eigenvalue weighted by atomic mass is 19.4. The summed E-state index contributed by atoms with van der Waals surface area (Å²) in [5, 5.41) is 5.11. The van der Waals surface area contributed by atoms with Gasteiger partial charge in [-0.2, -0.15) is 13.2 Å². The molecule has 2 N–H and O–H groups in total. The van der Waals surface area contributed by atoms with E-state index >= 15 is 0 Å². The van der Waals surface area contributed by atoms with Gasteiger partial charge in [0.1, 0.15) is 5.54 Å². The van der Waals surface area contributed by atoms with E-state index in [1.165, 1.54) is 0 Å². The first kappa shape index (κ1) is 12.7. The lowest BCUT2D eigenvalue weighted by molar-refractivity contribution is -0.170. The number of alkyl halides is 3. The molecule has 0 aromatic heterocycles. The van der Waals surface area contributed by atoms with E-state index in [1.54, 1.807) is 0 Å². The van der Waals surface area contributed by atoms with Crippen LogP contribution in [0.1, 0.15) is 38.5 Å². The smallest absolute Gasteiger partial charge is 0.341 e. The first-order valence-electron chi connectivity index (χ1n) is 6.04. The number of amides is 1. The third-order valence-electron chi connectivity index (χ3n) is 3.58. The number of rotatable bonds is 4. The van der Waals surface area contributed by atoms with Crippen LogP contribution in [0.15, 0.2) is 0 Å². The van der Waals surface area contributed by atoms with Gasteiger partial charge in [0.2, 0.25) is 5.91 Å². The van der Waals surface area contributed by atoms with Crippen molar-refractivity contribution in [3.63, 3.8) is 0 Å². The highest BCUT2D eigenvalue weighted by Gasteiger charge is 2.64. The third-order valence-corrected chi connectivity index (χ3v) is 3.58. The molecule has 0 unspecified atom stereocenters. The van der Waals surface area contributed by atoms with Gasteiger partial charge in [-0.15, -0.1) is 0 Å². The summed E-state index contributed by atoms with van der Waals surface area (Å²) in [4.78, 5) is 11.4. The van der Waals surface area contributed by atoms with Crippen LogP contribution in [0, 0.1) is 0 Å². The van der Waals surface area contributed by atoms with Crippen molar-refractivity contribution in [1.29, 1.82) is 0 Å². The minimum absolute atomic E-state index is 0.00562. The van der Waals surface area contributed by atoms with Gasteiger partial charge < -0.3 is 10.6 Å². The second-order valence-electron chi connectivity index (χ2n) is 4.99. The maximum absolute atomic E-state index is 12.6. The minimum atomic E-state index is -4.32. The monoisotopic (exact) mass is 250 g/mol. The van der Waals surface area contributed by atoms with E-state index in [9.17, 15) is 18.0 Å². The number of carbonyl (C=O) groups is 1. The topological polar surface area (TPSA) is 41.1 Å². The number of hydrogen-bond acceptors (Lipinski definition) is 2. The average molecular weight is 250 g/mol. The molecule has 0 spiro atoms. The van der Waals surface area contributed by atoms with Crippen molar-refractivity contribution in [3.8, 4) is 0 Å². The van der Waals surface area contributed by atoms with Crippen molar-refractivity contribution >= 4 is 5.91 Å². The summed E-state index contributed by atoms with van der Waals surface area (Å²) < 4.78 is 37.7. The van der Waals surface area contributed by atoms with E-state index in [2.05, 4.69) is 10.6 Å². The molecule has 0 saturated heterocycles. The van der Waals surface area contributed by atoms with E-state index in [-0.39, 0.29) is 19.4 Å². The fraction of sp³-hybridized carbons (Fsp3) is 0.909. The van der Waals surface area contributed by atoms with E-state index < -0.39 is 17.6 Å². The number of carbonyl (C=O) groups excluding carboxylic acids is 1. The lowest BCUT2D eigenvalue weighted by Gasteiger charge is -2.21. The van der Waals surface area contributed by atoms with Crippen molar-refractivity contribution < 1.29 is 18.0 Å². The molecule has 0 aromatic carbocycles. The van der Waals surface area contributed by atoms with Crippen LogP contribution in [0.2, 0.25) is 0 Å².